The number of aliphatic hydroxyl groups excluding tert-OH is 1. The van der Waals surface area contributed by atoms with Crippen molar-refractivity contribution in [2.45, 2.75) is 51.0 Å². The van der Waals surface area contributed by atoms with Crippen LogP contribution in [0.2, 0.25) is 0 Å². The highest BCUT2D eigenvalue weighted by atomic mass is 31.2. The fraction of sp³-hybridized carbons (Fsp3) is 0.440. The van der Waals surface area contributed by atoms with Crippen LogP contribution >= 0.6 is 7.60 Å². The van der Waals surface area contributed by atoms with Crippen molar-refractivity contribution in [2.24, 2.45) is 5.92 Å². The molecule has 40 heavy (non-hydrogen) atoms. The molecule has 4 rings (SSSR count). The molecule has 3 aromatic rings. The van der Waals surface area contributed by atoms with E-state index in [1.165, 1.54) is 19.1 Å². The Morgan fingerprint density at radius 2 is 2.12 bits per heavy atom. The van der Waals surface area contributed by atoms with Crippen LogP contribution in [0.25, 0.3) is 11.2 Å². The minimum Gasteiger partial charge on any atom is -0.463 e. The van der Waals surface area contributed by atoms with E-state index in [0.717, 1.165) is 10.9 Å². The Bertz CT molecular complexity index is 1610. The number of carbonyl (C=O) groups is 1. The zero-order valence-corrected chi connectivity index (χ0v) is 22.6. The summed E-state index contributed by atoms with van der Waals surface area (Å²) in [6.45, 7) is 1.39. The molecular weight excluding hydrogens is 548 g/mol. The summed E-state index contributed by atoms with van der Waals surface area (Å²) in [6, 6.07) is 7.63. The summed E-state index contributed by atoms with van der Waals surface area (Å²) in [7, 11) is -4.61. The molecule has 0 saturated carbocycles. The third kappa shape index (κ3) is 5.88. The van der Waals surface area contributed by atoms with E-state index in [1.807, 2.05) is 0 Å². The van der Waals surface area contributed by atoms with Gasteiger partial charge >= 0.3 is 13.6 Å². The predicted molar refractivity (Wildman–Crippen MR) is 141 cm³/mol. The third-order valence-electron chi connectivity index (χ3n) is 5.82. The molecule has 1 unspecified atom stereocenters. The van der Waals surface area contributed by atoms with Gasteiger partial charge in [-0.2, -0.15) is 4.98 Å². The van der Waals surface area contributed by atoms with E-state index in [9.17, 15) is 19.3 Å². The molecular formula is C25H29FN5O8P. The number of terminal acetylenes is 1. The van der Waals surface area contributed by atoms with Crippen LogP contribution in [0.1, 0.15) is 29.7 Å². The van der Waals surface area contributed by atoms with Crippen LogP contribution in [0.15, 0.2) is 41.5 Å². The number of ether oxygens (including phenoxy) is 2. The van der Waals surface area contributed by atoms with Crippen molar-refractivity contribution >= 4 is 30.7 Å². The topological polar surface area (TPSA) is 181 Å². The molecule has 1 saturated heterocycles. The number of nitrogens with two attached hydrogens (primary N) is 1. The number of fused-ring (bicyclic) bond motifs is 1. The number of nitrogens with one attached hydrogen (secondary N) is 1. The lowest BCUT2D eigenvalue weighted by molar-refractivity contribution is -0.151. The lowest BCUT2D eigenvalue weighted by atomic mass is 9.97. The number of para-hydroxylation sites is 1. The van der Waals surface area contributed by atoms with Crippen LogP contribution in [0.4, 0.5) is 10.3 Å². The fourth-order valence-electron chi connectivity index (χ4n) is 3.94. The highest BCUT2D eigenvalue weighted by Crippen LogP contribution is 2.51. The van der Waals surface area contributed by atoms with Crippen molar-refractivity contribution in [1.29, 1.82) is 0 Å². The number of hydrogen-bond acceptors (Lipinski definition) is 11. The average Bonchev–Trinajstić information content (AvgIpc) is 3.42. The number of nitrogens with zero attached hydrogens (tertiary/aromatic N) is 3. The molecule has 214 valence electrons. The van der Waals surface area contributed by atoms with Gasteiger partial charge in [0.05, 0.1) is 33.8 Å². The maximum absolute atomic E-state index is 16.2. The number of benzene rings is 1. The van der Waals surface area contributed by atoms with Crippen molar-refractivity contribution < 1.29 is 40.1 Å². The van der Waals surface area contributed by atoms with E-state index in [4.69, 9.17) is 33.4 Å². The van der Waals surface area contributed by atoms with Gasteiger partial charge in [-0.25, -0.2) is 13.9 Å². The van der Waals surface area contributed by atoms with Crippen LogP contribution < -0.4 is 15.8 Å². The van der Waals surface area contributed by atoms with Crippen LogP contribution in [0.3, 0.4) is 0 Å². The van der Waals surface area contributed by atoms with Gasteiger partial charge in [0.1, 0.15) is 18.0 Å². The first kappa shape index (κ1) is 26.5. The van der Waals surface area contributed by atoms with Gasteiger partial charge in [-0.05, 0) is 26.0 Å². The SMILES string of the molecule is [2H]C([2H])(O[P@@](=O)(C[C@@H](C)C(=O)OC(C)C)Oc1ccccc1)[C@H]1O[C@@H](n2cnc3c(=O)[nH]c(N)nc32)C(F)(C#C)[C@H]1O. The molecule has 15 heteroatoms. The van der Waals surface area contributed by atoms with Crippen LogP contribution in [0, 0.1) is 18.3 Å². The highest BCUT2D eigenvalue weighted by molar-refractivity contribution is 7.54. The fourth-order valence-corrected chi connectivity index (χ4v) is 5.65. The summed E-state index contributed by atoms with van der Waals surface area (Å²) in [5, 5.41) is 10.9. The zero-order chi connectivity index (χ0) is 31.0. The first-order valence-corrected chi connectivity index (χ1v) is 13.8. The predicted octanol–water partition coefficient (Wildman–Crippen LogP) is 2.18. The smallest absolute Gasteiger partial charge is 0.380 e. The Morgan fingerprint density at radius 1 is 1.43 bits per heavy atom. The van der Waals surface area contributed by atoms with E-state index in [2.05, 4.69) is 15.0 Å². The molecule has 1 aromatic carbocycles. The first-order chi connectivity index (χ1) is 19.6. The van der Waals surface area contributed by atoms with Gasteiger partial charge in [-0.3, -0.25) is 23.7 Å². The number of halogens is 1. The molecule has 6 atom stereocenters. The van der Waals surface area contributed by atoms with E-state index < -0.39 is 68.0 Å². The average molecular weight is 580 g/mol. The van der Waals surface area contributed by atoms with Gasteiger partial charge in [0.25, 0.3) is 5.56 Å². The Morgan fingerprint density at radius 3 is 2.77 bits per heavy atom. The van der Waals surface area contributed by atoms with Crippen LogP contribution in [0.5, 0.6) is 5.75 Å². The Labute approximate surface area is 231 Å². The molecule has 1 aliphatic rings. The standard InChI is InChI=1S/C25H29FN5O8P/c1-5-25(26)19(32)17(38-23(25)31-13-28-18-20(31)29-24(27)30-21(18)33)11-36-40(35,39-16-9-7-6-8-10-16)12-15(4)22(34)37-14(2)3/h1,6-10,13-15,17,19,23,32H,11-12H2,2-4H3,(H3,27,29,30,33)/t15-,17-,19+,23-,25?,40+/m1/s1/i11D2. The molecule has 0 amide bonds. The maximum Gasteiger partial charge on any atom is 0.380 e. The summed E-state index contributed by atoms with van der Waals surface area (Å²) in [6.07, 6.45) is -1.32. The lowest BCUT2D eigenvalue weighted by Gasteiger charge is -2.24. The number of H-pyrrole nitrogens is 1. The van der Waals surface area contributed by atoms with Gasteiger partial charge in [0.15, 0.2) is 17.4 Å². The van der Waals surface area contributed by atoms with Gasteiger partial charge in [-0.1, -0.05) is 31.0 Å². The van der Waals surface area contributed by atoms with E-state index in [-0.39, 0.29) is 22.9 Å². The van der Waals surface area contributed by atoms with Crippen LogP contribution in [-0.2, 0) is 23.4 Å². The highest BCUT2D eigenvalue weighted by Gasteiger charge is 2.58. The molecule has 1 fully saturated rings. The van der Waals surface area contributed by atoms with E-state index >= 15 is 4.39 Å². The number of anilines is 1. The molecule has 13 nitrogen and oxygen atoms in total. The Hall–Kier alpha value is -3.76. The Balaban J connectivity index is 1.69. The molecule has 0 aliphatic carbocycles. The monoisotopic (exact) mass is 579 g/mol. The number of hydrogen-bond donors (Lipinski definition) is 3. The second-order valence-electron chi connectivity index (χ2n) is 9.34. The molecule has 0 spiro atoms. The maximum atomic E-state index is 16.2. The second-order valence-corrected chi connectivity index (χ2v) is 11.3. The normalized spacial score (nSPS) is 26.0. The number of alkyl halides is 1. The minimum atomic E-state index is -4.61. The Kier molecular flexibility index (Phi) is 7.53. The van der Waals surface area contributed by atoms with Crippen molar-refractivity contribution in [2.75, 3.05) is 18.5 Å². The summed E-state index contributed by atoms with van der Waals surface area (Å²) >= 11 is 0. The first-order valence-electron chi connectivity index (χ1n) is 13.1. The van der Waals surface area contributed by atoms with Gasteiger partial charge in [0.2, 0.25) is 11.6 Å². The third-order valence-corrected chi connectivity index (χ3v) is 7.69. The van der Waals surface area contributed by atoms with E-state index in [1.54, 1.807) is 38.0 Å². The second kappa shape index (κ2) is 11.4. The number of imidazole rings is 1. The molecule has 1 aliphatic heterocycles. The summed E-state index contributed by atoms with van der Waals surface area (Å²) in [4.78, 5) is 34.7. The van der Waals surface area contributed by atoms with Gasteiger partial charge in [0, 0.05) is 0 Å². The molecule has 4 N–H and O–H groups in total. The number of aromatic nitrogens is 4. The molecule has 0 bridgehead atoms. The number of aromatic amines is 1. The number of esters is 1. The molecule has 2 aromatic heterocycles. The summed E-state index contributed by atoms with van der Waals surface area (Å²) in [5.74, 6) is -0.369. The van der Waals surface area contributed by atoms with Crippen molar-refractivity contribution in [3.05, 3.63) is 47.0 Å². The minimum absolute atomic E-state index is 0.0223. The van der Waals surface area contributed by atoms with Crippen molar-refractivity contribution in [3.8, 4) is 18.1 Å². The van der Waals surface area contributed by atoms with E-state index in [0.29, 0.717) is 0 Å². The molecule has 0 radical (unpaired) electrons. The van der Waals surface area contributed by atoms with Crippen LogP contribution in [-0.4, -0.2) is 67.3 Å². The number of nitrogen functional groups attached to an aromatic ring is 1. The largest absolute Gasteiger partial charge is 0.463 e. The summed E-state index contributed by atoms with van der Waals surface area (Å²) < 4.78 is 69.9. The zero-order valence-electron chi connectivity index (χ0n) is 23.7. The molecule has 3 heterocycles. The van der Waals surface area contributed by atoms with Gasteiger partial charge in [-0.15, -0.1) is 6.42 Å². The number of carbonyl (C=O) groups excluding carboxylic acids is 1. The summed E-state index contributed by atoms with van der Waals surface area (Å²) in [5.41, 5.74) is 1.22. The van der Waals surface area contributed by atoms with Crippen molar-refractivity contribution in [1.82, 2.24) is 19.5 Å². The van der Waals surface area contributed by atoms with Gasteiger partial charge < -0.3 is 24.8 Å². The van der Waals surface area contributed by atoms with Crippen molar-refractivity contribution in [3.63, 3.8) is 0 Å². The quantitative estimate of drug-likeness (QED) is 0.182. The lowest BCUT2D eigenvalue weighted by Crippen LogP contribution is -2.42. The number of aliphatic hydroxyl groups is 1. The number of rotatable bonds is 10.